The van der Waals surface area contributed by atoms with E-state index in [1.165, 1.54) is 18.4 Å². The van der Waals surface area contributed by atoms with Gasteiger partial charge in [0.2, 0.25) is 0 Å². The Morgan fingerprint density at radius 3 is 2.43 bits per heavy atom. The number of hydrogen-bond donors (Lipinski definition) is 1. The second kappa shape index (κ2) is 9.70. The lowest BCUT2D eigenvalue weighted by Gasteiger charge is -2.36. The standard InChI is InChI=1S/C23H33N3O2/c1-19-7-8-23(28-19)22(26-13-15-27-16-14-26)17-24-21-9-11-25(12-10-21)18-20-5-3-2-4-6-20/h2-8,21-22,24H,9-18H2,1H3. The largest absolute Gasteiger partial charge is 0.465 e. The van der Waals surface area contributed by atoms with Crippen molar-refractivity contribution in [2.45, 2.75) is 38.4 Å². The summed E-state index contributed by atoms with van der Waals surface area (Å²) in [4.78, 5) is 5.07. The molecule has 2 aliphatic rings. The molecule has 2 fully saturated rings. The molecule has 2 saturated heterocycles. The fourth-order valence-electron chi connectivity index (χ4n) is 4.35. The fraction of sp³-hybridized carbons (Fsp3) is 0.565. The third-order valence-corrected chi connectivity index (χ3v) is 6.01. The quantitative estimate of drug-likeness (QED) is 0.795. The number of likely N-dealkylation sites (tertiary alicyclic amines) is 1. The summed E-state index contributed by atoms with van der Waals surface area (Å²) in [5.41, 5.74) is 1.41. The summed E-state index contributed by atoms with van der Waals surface area (Å²) in [5.74, 6) is 2.07. The topological polar surface area (TPSA) is 40.9 Å². The molecule has 0 spiro atoms. The minimum absolute atomic E-state index is 0.292. The third-order valence-electron chi connectivity index (χ3n) is 6.01. The first-order chi connectivity index (χ1) is 13.8. The molecule has 2 aromatic rings. The first kappa shape index (κ1) is 19.6. The van der Waals surface area contributed by atoms with E-state index in [2.05, 4.69) is 57.6 Å². The normalized spacial score (nSPS) is 21.0. The zero-order chi connectivity index (χ0) is 19.2. The monoisotopic (exact) mass is 383 g/mol. The Hall–Kier alpha value is -1.66. The number of furan rings is 1. The molecule has 0 aliphatic carbocycles. The summed E-state index contributed by atoms with van der Waals surface area (Å²) < 4.78 is 11.5. The van der Waals surface area contributed by atoms with Crippen molar-refractivity contribution in [3.05, 3.63) is 59.5 Å². The summed E-state index contributed by atoms with van der Waals surface area (Å²) in [6.45, 7) is 9.93. The number of hydrogen-bond acceptors (Lipinski definition) is 5. The van der Waals surface area contributed by atoms with Gasteiger partial charge >= 0.3 is 0 Å². The Morgan fingerprint density at radius 1 is 1.00 bits per heavy atom. The second-order valence-corrected chi connectivity index (χ2v) is 8.06. The van der Waals surface area contributed by atoms with E-state index in [4.69, 9.17) is 9.15 Å². The Balaban J connectivity index is 1.28. The molecule has 5 nitrogen and oxygen atoms in total. The summed E-state index contributed by atoms with van der Waals surface area (Å²) in [7, 11) is 0. The summed E-state index contributed by atoms with van der Waals surface area (Å²) in [6, 6.07) is 15.9. The Labute approximate surface area is 168 Å². The molecular formula is C23H33N3O2. The highest BCUT2D eigenvalue weighted by atomic mass is 16.5. The molecule has 1 unspecified atom stereocenters. The average molecular weight is 384 g/mol. The Bertz CT molecular complexity index is 704. The van der Waals surface area contributed by atoms with Gasteiger partial charge in [-0.15, -0.1) is 0 Å². The molecule has 2 aliphatic heterocycles. The summed E-state index contributed by atoms with van der Waals surface area (Å²) >= 11 is 0. The van der Waals surface area contributed by atoms with Gasteiger partial charge in [-0.3, -0.25) is 9.80 Å². The lowest BCUT2D eigenvalue weighted by atomic mass is 10.0. The maximum atomic E-state index is 5.99. The third kappa shape index (κ3) is 5.23. The highest BCUT2D eigenvalue weighted by molar-refractivity contribution is 5.14. The van der Waals surface area contributed by atoms with E-state index in [9.17, 15) is 0 Å². The lowest BCUT2D eigenvalue weighted by Crippen LogP contribution is -2.47. The van der Waals surface area contributed by atoms with Crippen LogP contribution < -0.4 is 5.32 Å². The molecule has 0 saturated carbocycles. The number of piperidine rings is 1. The van der Waals surface area contributed by atoms with Gasteiger partial charge in [0.05, 0.1) is 19.3 Å². The number of ether oxygens (including phenoxy) is 1. The van der Waals surface area contributed by atoms with Crippen molar-refractivity contribution >= 4 is 0 Å². The summed E-state index contributed by atoms with van der Waals surface area (Å²) in [6.07, 6.45) is 2.42. The van der Waals surface area contributed by atoms with Crippen LogP contribution >= 0.6 is 0 Å². The molecule has 1 N–H and O–H groups in total. The fourth-order valence-corrected chi connectivity index (χ4v) is 4.35. The van der Waals surface area contributed by atoms with Crippen LogP contribution in [0.4, 0.5) is 0 Å². The van der Waals surface area contributed by atoms with Gasteiger partial charge in [-0.05, 0) is 50.6 Å². The van der Waals surface area contributed by atoms with Gasteiger partial charge in [0.15, 0.2) is 0 Å². The number of nitrogens with one attached hydrogen (secondary N) is 1. The van der Waals surface area contributed by atoms with Gasteiger partial charge in [0, 0.05) is 32.2 Å². The van der Waals surface area contributed by atoms with Crippen LogP contribution in [0.15, 0.2) is 46.9 Å². The number of nitrogens with zero attached hydrogens (tertiary/aromatic N) is 2. The van der Waals surface area contributed by atoms with E-state index in [-0.39, 0.29) is 0 Å². The maximum Gasteiger partial charge on any atom is 0.122 e. The van der Waals surface area contributed by atoms with Crippen LogP contribution in [0.2, 0.25) is 0 Å². The predicted octanol–water partition coefficient (Wildman–Crippen LogP) is 3.22. The smallest absolute Gasteiger partial charge is 0.122 e. The van der Waals surface area contributed by atoms with E-state index in [1.807, 2.05) is 6.92 Å². The second-order valence-electron chi connectivity index (χ2n) is 8.06. The van der Waals surface area contributed by atoms with Crippen molar-refractivity contribution < 1.29 is 9.15 Å². The van der Waals surface area contributed by atoms with E-state index in [0.717, 1.165) is 64.0 Å². The average Bonchev–Trinajstić information content (AvgIpc) is 3.17. The molecule has 1 aromatic heterocycles. The highest BCUT2D eigenvalue weighted by Crippen LogP contribution is 2.24. The van der Waals surface area contributed by atoms with Crippen molar-refractivity contribution in [1.82, 2.24) is 15.1 Å². The van der Waals surface area contributed by atoms with Gasteiger partial charge in [-0.1, -0.05) is 30.3 Å². The molecule has 0 radical (unpaired) electrons. The van der Waals surface area contributed by atoms with Gasteiger partial charge < -0.3 is 14.5 Å². The molecule has 152 valence electrons. The van der Waals surface area contributed by atoms with Crippen LogP contribution in [-0.4, -0.2) is 61.8 Å². The lowest BCUT2D eigenvalue weighted by molar-refractivity contribution is 0.0104. The van der Waals surface area contributed by atoms with Crippen LogP contribution in [0, 0.1) is 6.92 Å². The minimum atomic E-state index is 0.292. The van der Waals surface area contributed by atoms with Crippen molar-refractivity contribution in [3.8, 4) is 0 Å². The van der Waals surface area contributed by atoms with Crippen LogP contribution in [-0.2, 0) is 11.3 Å². The van der Waals surface area contributed by atoms with Gasteiger partial charge in [0.1, 0.15) is 11.5 Å². The van der Waals surface area contributed by atoms with Gasteiger partial charge in [-0.2, -0.15) is 0 Å². The number of rotatable bonds is 7. The summed E-state index contributed by atoms with van der Waals surface area (Å²) in [5, 5.41) is 3.84. The van der Waals surface area contributed by atoms with E-state index >= 15 is 0 Å². The minimum Gasteiger partial charge on any atom is -0.465 e. The Kier molecular flexibility index (Phi) is 6.81. The molecule has 1 atom stereocenters. The van der Waals surface area contributed by atoms with E-state index in [1.54, 1.807) is 0 Å². The molecule has 1 aromatic carbocycles. The first-order valence-corrected chi connectivity index (χ1v) is 10.7. The van der Waals surface area contributed by atoms with Crippen LogP contribution in [0.5, 0.6) is 0 Å². The van der Waals surface area contributed by atoms with Crippen molar-refractivity contribution in [2.24, 2.45) is 0 Å². The zero-order valence-electron chi connectivity index (χ0n) is 17.0. The van der Waals surface area contributed by atoms with Crippen LogP contribution in [0.1, 0.15) is 36.0 Å². The molecule has 28 heavy (non-hydrogen) atoms. The van der Waals surface area contributed by atoms with Crippen molar-refractivity contribution in [3.63, 3.8) is 0 Å². The molecule has 5 heteroatoms. The number of benzene rings is 1. The molecule has 0 amide bonds. The maximum absolute atomic E-state index is 5.99. The van der Waals surface area contributed by atoms with Crippen molar-refractivity contribution in [1.29, 1.82) is 0 Å². The van der Waals surface area contributed by atoms with Gasteiger partial charge in [0.25, 0.3) is 0 Å². The molecular weight excluding hydrogens is 350 g/mol. The zero-order valence-corrected chi connectivity index (χ0v) is 17.0. The van der Waals surface area contributed by atoms with E-state index in [0.29, 0.717) is 12.1 Å². The van der Waals surface area contributed by atoms with E-state index < -0.39 is 0 Å². The van der Waals surface area contributed by atoms with Crippen molar-refractivity contribution in [2.75, 3.05) is 45.9 Å². The molecule has 3 heterocycles. The highest BCUT2D eigenvalue weighted by Gasteiger charge is 2.27. The van der Waals surface area contributed by atoms with Crippen LogP contribution in [0.3, 0.4) is 0 Å². The molecule has 4 rings (SSSR count). The first-order valence-electron chi connectivity index (χ1n) is 10.7. The Morgan fingerprint density at radius 2 is 1.75 bits per heavy atom. The predicted molar refractivity (Wildman–Crippen MR) is 111 cm³/mol. The molecule has 0 bridgehead atoms. The number of morpholine rings is 1. The SMILES string of the molecule is Cc1ccc(C(CNC2CCN(Cc3ccccc3)CC2)N2CCOCC2)o1. The van der Waals surface area contributed by atoms with Crippen LogP contribution in [0.25, 0.3) is 0 Å². The number of aryl methyl sites for hydroxylation is 1. The van der Waals surface area contributed by atoms with Gasteiger partial charge in [-0.25, -0.2) is 0 Å².